The fourth-order valence-electron chi connectivity index (χ4n) is 6.61. The standard InChI is InChI=1S/C33H29FN4O/c1-4-7-26-27-12-13-29-31(33(27,2)20-28(35-3)30(26)39)37-32(38(29)25-11-6-10-24(34)19-25)23-9-5-8-22(18-23)21-14-16-36-17-15-21/h5-6,8-11,14-20,26-27H,4,7,12-13H2,1-2H3/t26-,27-,33-/m1/s1. The zero-order valence-electron chi connectivity index (χ0n) is 22.1. The highest BCUT2D eigenvalue weighted by molar-refractivity contribution is 6.00. The molecule has 6 rings (SSSR count). The number of Topliss-reactive ketones (excluding diaryl/α,β-unsaturated/α-hetero) is 1. The van der Waals surface area contributed by atoms with Crippen LogP contribution in [0.3, 0.4) is 0 Å². The molecule has 0 fully saturated rings. The van der Waals surface area contributed by atoms with Crippen molar-refractivity contribution < 1.29 is 9.18 Å². The first kappa shape index (κ1) is 24.9. The molecule has 5 nitrogen and oxygen atoms in total. The molecule has 0 spiro atoms. The second kappa shape index (κ2) is 9.74. The molecule has 194 valence electrons. The molecule has 0 amide bonds. The van der Waals surface area contributed by atoms with Crippen molar-refractivity contribution in [3.05, 3.63) is 113 Å². The van der Waals surface area contributed by atoms with Crippen molar-refractivity contribution in [1.82, 2.24) is 14.5 Å². The maximum Gasteiger partial charge on any atom is 0.226 e. The van der Waals surface area contributed by atoms with Gasteiger partial charge in [0.15, 0.2) is 5.78 Å². The van der Waals surface area contributed by atoms with Crippen molar-refractivity contribution in [2.24, 2.45) is 11.8 Å². The lowest BCUT2D eigenvalue weighted by Gasteiger charge is -2.45. The molecule has 2 aromatic carbocycles. The lowest BCUT2D eigenvalue weighted by atomic mass is 9.58. The van der Waals surface area contributed by atoms with Crippen LogP contribution in [0.2, 0.25) is 0 Å². The molecule has 0 saturated carbocycles. The van der Waals surface area contributed by atoms with Crippen molar-refractivity contribution in [3.8, 4) is 28.2 Å². The summed E-state index contributed by atoms with van der Waals surface area (Å²) in [5, 5.41) is 0. The van der Waals surface area contributed by atoms with Crippen LogP contribution in [0.15, 0.2) is 84.8 Å². The lowest BCUT2D eigenvalue weighted by Crippen LogP contribution is -2.46. The molecular weight excluding hydrogens is 487 g/mol. The van der Waals surface area contributed by atoms with Gasteiger partial charge in [-0.05, 0) is 72.7 Å². The highest BCUT2D eigenvalue weighted by Crippen LogP contribution is 2.52. The molecule has 4 aromatic rings. The van der Waals surface area contributed by atoms with Gasteiger partial charge < -0.3 is 4.79 Å². The van der Waals surface area contributed by atoms with Crippen molar-refractivity contribution >= 4 is 5.78 Å². The average Bonchev–Trinajstić information content (AvgIpc) is 3.36. The number of carbonyl (C=O) groups excluding carboxylic acids is 1. The molecule has 2 aliphatic rings. The molecule has 2 aliphatic carbocycles. The van der Waals surface area contributed by atoms with E-state index in [1.165, 1.54) is 12.1 Å². The Morgan fingerprint density at radius 1 is 1.08 bits per heavy atom. The van der Waals surface area contributed by atoms with Crippen LogP contribution in [-0.2, 0) is 16.6 Å². The first-order chi connectivity index (χ1) is 18.9. The average molecular weight is 517 g/mol. The number of imidazole rings is 1. The first-order valence-electron chi connectivity index (χ1n) is 13.5. The van der Waals surface area contributed by atoms with E-state index in [0.717, 1.165) is 59.6 Å². The fourth-order valence-corrected chi connectivity index (χ4v) is 6.61. The van der Waals surface area contributed by atoms with Gasteiger partial charge in [0.2, 0.25) is 5.70 Å². The highest BCUT2D eigenvalue weighted by atomic mass is 19.1. The minimum atomic E-state index is -0.572. The third-order valence-electron chi connectivity index (χ3n) is 8.38. The van der Waals surface area contributed by atoms with Gasteiger partial charge >= 0.3 is 0 Å². The topological polar surface area (TPSA) is 52.1 Å². The lowest BCUT2D eigenvalue weighted by molar-refractivity contribution is -0.122. The minimum Gasteiger partial charge on any atom is -0.308 e. The predicted octanol–water partition coefficient (Wildman–Crippen LogP) is 7.36. The summed E-state index contributed by atoms with van der Waals surface area (Å²) in [5.41, 5.74) is 5.23. The van der Waals surface area contributed by atoms with Crippen LogP contribution in [0.1, 0.15) is 44.5 Å². The Bertz CT molecular complexity index is 1650. The summed E-state index contributed by atoms with van der Waals surface area (Å²) in [6, 6.07) is 18.7. The molecule has 0 bridgehead atoms. The SMILES string of the molecule is [C-]#[N+]C1=C[C@@]2(C)c3nc(-c4cccc(-c5ccncc5)c4)n(-c4cccc(F)c4)c3CC[C@@H]2[C@@H](CCC)C1=O. The maximum absolute atomic E-state index is 14.5. The van der Waals surface area contributed by atoms with Crippen LogP contribution >= 0.6 is 0 Å². The molecule has 39 heavy (non-hydrogen) atoms. The van der Waals surface area contributed by atoms with Gasteiger partial charge in [-0.2, -0.15) is 0 Å². The van der Waals surface area contributed by atoms with E-state index < -0.39 is 5.41 Å². The van der Waals surface area contributed by atoms with E-state index in [1.807, 2.05) is 36.4 Å². The Kier molecular flexibility index (Phi) is 6.23. The Morgan fingerprint density at radius 3 is 2.59 bits per heavy atom. The number of pyridine rings is 1. The van der Waals surface area contributed by atoms with Gasteiger partial charge in [-0.3, -0.25) is 9.55 Å². The second-order valence-corrected chi connectivity index (χ2v) is 10.7. The summed E-state index contributed by atoms with van der Waals surface area (Å²) in [4.78, 5) is 26.3. The summed E-state index contributed by atoms with van der Waals surface area (Å²) in [7, 11) is 0. The number of carbonyl (C=O) groups is 1. The van der Waals surface area contributed by atoms with Gasteiger partial charge in [0.25, 0.3) is 0 Å². The van der Waals surface area contributed by atoms with Crippen LogP contribution in [-0.4, -0.2) is 20.3 Å². The van der Waals surface area contributed by atoms with E-state index in [1.54, 1.807) is 18.5 Å². The number of allylic oxidation sites excluding steroid dienone is 2. The van der Waals surface area contributed by atoms with Crippen molar-refractivity contribution in [2.45, 2.75) is 44.9 Å². The normalized spacial score (nSPS) is 22.0. The van der Waals surface area contributed by atoms with Crippen LogP contribution in [0.4, 0.5) is 4.39 Å². The number of nitrogens with zero attached hydrogens (tertiary/aromatic N) is 4. The number of ketones is 1. The van der Waals surface area contributed by atoms with E-state index in [2.05, 4.69) is 40.4 Å². The number of hydrogen-bond acceptors (Lipinski definition) is 3. The summed E-state index contributed by atoms with van der Waals surface area (Å²) in [5.74, 6) is 0.250. The summed E-state index contributed by atoms with van der Waals surface area (Å²) in [6.07, 6.45) is 8.56. The van der Waals surface area contributed by atoms with Crippen LogP contribution < -0.4 is 0 Å². The number of halogens is 1. The predicted molar refractivity (Wildman–Crippen MR) is 149 cm³/mol. The van der Waals surface area contributed by atoms with Crippen molar-refractivity contribution in [2.75, 3.05) is 0 Å². The van der Waals surface area contributed by atoms with Gasteiger partial charge in [-0.1, -0.05) is 50.6 Å². The molecule has 6 heteroatoms. The van der Waals surface area contributed by atoms with Crippen LogP contribution in [0, 0.1) is 24.2 Å². The highest BCUT2D eigenvalue weighted by Gasteiger charge is 2.51. The second-order valence-electron chi connectivity index (χ2n) is 10.7. The third kappa shape index (κ3) is 4.10. The van der Waals surface area contributed by atoms with Crippen molar-refractivity contribution in [1.29, 1.82) is 0 Å². The molecule has 2 heterocycles. The molecule has 0 saturated heterocycles. The van der Waals surface area contributed by atoms with E-state index in [0.29, 0.717) is 5.69 Å². The van der Waals surface area contributed by atoms with Gasteiger partial charge in [0, 0.05) is 35.0 Å². The summed E-state index contributed by atoms with van der Waals surface area (Å²) >= 11 is 0. The Morgan fingerprint density at radius 2 is 1.85 bits per heavy atom. The third-order valence-corrected chi connectivity index (χ3v) is 8.38. The number of aromatic nitrogens is 3. The molecule has 0 radical (unpaired) electrons. The monoisotopic (exact) mass is 516 g/mol. The number of rotatable bonds is 5. The zero-order chi connectivity index (χ0) is 27.1. The molecule has 3 atom stereocenters. The van der Waals surface area contributed by atoms with E-state index in [9.17, 15) is 9.18 Å². The summed E-state index contributed by atoms with van der Waals surface area (Å²) in [6.45, 7) is 11.9. The molecule has 2 aromatic heterocycles. The van der Waals surface area contributed by atoms with Gasteiger partial charge in [0.1, 0.15) is 11.6 Å². The Hall–Kier alpha value is -4.37. The molecular formula is C33H29FN4O. The number of benzene rings is 2. The minimum absolute atomic E-state index is 0.0346. The van der Waals surface area contributed by atoms with Gasteiger partial charge in [-0.15, -0.1) is 0 Å². The van der Waals surface area contributed by atoms with E-state index in [4.69, 9.17) is 11.6 Å². The van der Waals surface area contributed by atoms with Crippen molar-refractivity contribution in [3.63, 3.8) is 0 Å². The van der Waals surface area contributed by atoms with Crippen LogP contribution in [0.25, 0.3) is 33.0 Å². The number of fused-ring (bicyclic) bond motifs is 3. The maximum atomic E-state index is 14.5. The van der Waals surface area contributed by atoms with Gasteiger partial charge in [0.05, 0.1) is 18.0 Å². The smallest absolute Gasteiger partial charge is 0.226 e. The summed E-state index contributed by atoms with van der Waals surface area (Å²) < 4.78 is 16.6. The quantitative estimate of drug-likeness (QED) is 0.260. The zero-order valence-corrected chi connectivity index (χ0v) is 22.1. The van der Waals surface area contributed by atoms with Gasteiger partial charge in [-0.25, -0.2) is 14.2 Å². The molecule has 0 unspecified atom stereocenters. The number of hydrogen-bond donors (Lipinski definition) is 0. The largest absolute Gasteiger partial charge is 0.308 e. The van der Waals surface area contributed by atoms with E-state index >= 15 is 0 Å². The molecule has 0 N–H and O–H groups in total. The van der Waals surface area contributed by atoms with E-state index in [-0.39, 0.29) is 29.1 Å². The fraction of sp³-hybridized carbons (Fsp3) is 0.273. The van der Waals surface area contributed by atoms with Crippen LogP contribution in [0.5, 0.6) is 0 Å². The molecule has 0 aliphatic heterocycles. The Labute approximate surface area is 227 Å². The first-order valence-corrected chi connectivity index (χ1v) is 13.5. The Balaban J connectivity index is 1.60.